The van der Waals surface area contributed by atoms with Crippen molar-refractivity contribution in [2.75, 3.05) is 13.1 Å². The maximum Gasteiger partial charge on any atom is 0.332 e. The van der Waals surface area contributed by atoms with Crippen LogP contribution in [-0.4, -0.2) is 48.2 Å². The molecular formula is C13H22N2O5. The van der Waals surface area contributed by atoms with E-state index in [4.69, 9.17) is 9.84 Å². The minimum atomic E-state index is -1.05. The van der Waals surface area contributed by atoms with Gasteiger partial charge in [-0.1, -0.05) is 13.8 Å². The van der Waals surface area contributed by atoms with Crippen molar-refractivity contribution in [2.24, 2.45) is 5.92 Å². The molecule has 0 spiro atoms. The van der Waals surface area contributed by atoms with E-state index < -0.39 is 18.2 Å². The molecule has 3 N–H and O–H groups in total. The Kier molecular flexibility index (Phi) is 6.44. The van der Waals surface area contributed by atoms with Crippen molar-refractivity contribution in [3.8, 4) is 0 Å². The van der Waals surface area contributed by atoms with Gasteiger partial charge in [-0.15, -0.1) is 0 Å². The van der Waals surface area contributed by atoms with Crippen LogP contribution in [0.25, 0.3) is 0 Å². The van der Waals surface area contributed by atoms with Crippen LogP contribution < -0.4 is 10.6 Å². The van der Waals surface area contributed by atoms with E-state index in [1.165, 1.54) is 0 Å². The lowest BCUT2D eigenvalue weighted by Gasteiger charge is -2.12. The number of carboxylic acids is 1. The van der Waals surface area contributed by atoms with Crippen molar-refractivity contribution >= 4 is 17.8 Å². The molecule has 7 nitrogen and oxygen atoms in total. The van der Waals surface area contributed by atoms with Crippen molar-refractivity contribution in [1.82, 2.24) is 10.6 Å². The summed E-state index contributed by atoms with van der Waals surface area (Å²) < 4.78 is 5.11. The molecule has 0 aromatic rings. The van der Waals surface area contributed by atoms with Crippen molar-refractivity contribution in [2.45, 2.75) is 45.3 Å². The summed E-state index contributed by atoms with van der Waals surface area (Å²) >= 11 is 0. The summed E-state index contributed by atoms with van der Waals surface area (Å²) in [7, 11) is 0. The lowest BCUT2D eigenvalue weighted by atomic mass is 10.2. The molecule has 0 aliphatic carbocycles. The number of rotatable bonds is 7. The molecule has 2 atom stereocenters. The van der Waals surface area contributed by atoms with Crippen LogP contribution in [0.3, 0.4) is 0 Å². The Morgan fingerprint density at radius 1 is 1.20 bits per heavy atom. The molecule has 1 heterocycles. The highest BCUT2D eigenvalue weighted by Gasteiger charge is 2.34. The van der Waals surface area contributed by atoms with Gasteiger partial charge in [0, 0.05) is 19.5 Å². The number of hydrogen-bond donors (Lipinski definition) is 3. The van der Waals surface area contributed by atoms with Crippen LogP contribution in [0.4, 0.5) is 0 Å². The fraction of sp³-hybridized carbons (Fsp3) is 0.769. The number of aliphatic carboxylic acids is 1. The summed E-state index contributed by atoms with van der Waals surface area (Å²) in [6.07, 6.45) is -0.701. The van der Waals surface area contributed by atoms with Gasteiger partial charge in [0.25, 0.3) is 0 Å². The average Bonchev–Trinajstić information content (AvgIpc) is 2.86. The van der Waals surface area contributed by atoms with Gasteiger partial charge >= 0.3 is 5.97 Å². The van der Waals surface area contributed by atoms with Gasteiger partial charge in [-0.3, -0.25) is 9.59 Å². The molecule has 0 saturated carbocycles. The lowest BCUT2D eigenvalue weighted by molar-refractivity contribution is -0.151. The number of carboxylic acid groups (broad SMARTS) is 1. The zero-order valence-electron chi connectivity index (χ0n) is 11.8. The van der Waals surface area contributed by atoms with Gasteiger partial charge in [0.2, 0.25) is 11.8 Å². The summed E-state index contributed by atoms with van der Waals surface area (Å²) in [6, 6.07) is 0. The number of nitrogens with one attached hydrogen (secondary N) is 2. The van der Waals surface area contributed by atoms with Gasteiger partial charge in [0.15, 0.2) is 6.10 Å². The SMILES string of the molecule is CC(C)CNC(=O)CCNC(=O)[C@@H]1CC[C@H](C(=O)O)O1. The van der Waals surface area contributed by atoms with Crippen molar-refractivity contribution in [3.63, 3.8) is 0 Å². The summed E-state index contributed by atoms with van der Waals surface area (Å²) in [6.45, 7) is 4.83. The standard InChI is InChI=1S/C13H22N2O5/c1-8(2)7-15-11(16)5-6-14-12(17)9-3-4-10(20-9)13(18)19/h8-10H,3-7H2,1-2H3,(H,14,17)(H,15,16)(H,18,19)/t9-,10+/m0/s1. The van der Waals surface area contributed by atoms with E-state index in [1.54, 1.807) is 0 Å². The molecule has 0 unspecified atom stereocenters. The van der Waals surface area contributed by atoms with Crippen LogP contribution in [0.1, 0.15) is 33.1 Å². The van der Waals surface area contributed by atoms with Gasteiger partial charge in [-0.25, -0.2) is 4.79 Å². The largest absolute Gasteiger partial charge is 0.479 e. The van der Waals surface area contributed by atoms with Crippen molar-refractivity contribution in [3.05, 3.63) is 0 Å². The fourth-order valence-electron chi connectivity index (χ4n) is 1.83. The molecule has 20 heavy (non-hydrogen) atoms. The van der Waals surface area contributed by atoms with Crippen LogP contribution in [0, 0.1) is 5.92 Å². The maximum atomic E-state index is 11.7. The molecule has 7 heteroatoms. The Balaban J connectivity index is 2.18. The second kappa shape index (κ2) is 7.84. The summed E-state index contributed by atoms with van der Waals surface area (Å²) in [5.74, 6) is -1.14. The molecule has 0 aromatic heterocycles. The summed E-state index contributed by atoms with van der Waals surface area (Å²) in [5.41, 5.74) is 0. The molecule has 2 amide bonds. The molecule has 114 valence electrons. The predicted molar refractivity (Wildman–Crippen MR) is 71.0 cm³/mol. The Morgan fingerprint density at radius 2 is 1.85 bits per heavy atom. The zero-order chi connectivity index (χ0) is 15.1. The zero-order valence-corrected chi connectivity index (χ0v) is 11.8. The van der Waals surface area contributed by atoms with Crippen molar-refractivity contribution in [1.29, 1.82) is 0 Å². The predicted octanol–water partition coefficient (Wildman–Crippen LogP) is -0.103. The van der Waals surface area contributed by atoms with Gasteiger partial charge < -0.3 is 20.5 Å². The first-order chi connectivity index (χ1) is 9.40. The van der Waals surface area contributed by atoms with E-state index >= 15 is 0 Å². The van der Waals surface area contributed by atoms with E-state index in [9.17, 15) is 14.4 Å². The molecule has 1 aliphatic rings. The molecular weight excluding hydrogens is 264 g/mol. The number of amides is 2. The highest BCUT2D eigenvalue weighted by molar-refractivity contribution is 5.83. The molecule has 1 fully saturated rings. The van der Waals surface area contributed by atoms with Crippen LogP contribution in [-0.2, 0) is 19.1 Å². The van der Waals surface area contributed by atoms with Crippen LogP contribution in [0.5, 0.6) is 0 Å². The Labute approximate surface area is 118 Å². The first-order valence-electron chi connectivity index (χ1n) is 6.82. The van der Waals surface area contributed by atoms with Gasteiger partial charge in [0.05, 0.1) is 0 Å². The van der Waals surface area contributed by atoms with Gasteiger partial charge in [0.1, 0.15) is 6.10 Å². The quantitative estimate of drug-likeness (QED) is 0.606. The van der Waals surface area contributed by atoms with Crippen LogP contribution in [0.15, 0.2) is 0 Å². The van der Waals surface area contributed by atoms with E-state index in [-0.39, 0.29) is 24.8 Å². The molecule has 0 bridgehead atoms. The first kappa shape index (κ1) is 16.4. The van der Waals surface area contributed by atoms with Crippen LogP contribution >= 0.6 is 0 Å². The third-order valence-electron chi connectivity index (χ3n) is 2.95. The second-order valence-corrected chi connectivity index (χ2v) is 5.27. The Morgan fingerprint density at radius 3 is 2.40 bits per heavy atom. The number of carbonyl (C=O) groups is 3. The van der Waals surface area contributed by atoms with E-state index in [0.29, 0.717) is 25.3 Å². The van der Waals surface area contributed by atoms with Gasteiger partial charge in [-0.2, -0.15) is 0 Å². The molecule has 0 radical (unpaired) electrons. The molecule has 1 saturated heterocycles. The average molecular weight is 286 g/mol. The van der Waals surface area contributed by atoms with Crippen LogP contribution in [0.2, 0.25) is 0 Å². The number of hydrogen-bond acceptors (Lipinski definition) is 4. The van der Waals surface area contributed by atoms with E-state index in [0.717, 1.165) is 0 Å². The normalized spacial score (nSPS) is 21.8. The highest BCUT2D eigenvalue weighted by atomic mass is 16.5. The van der Waals surface area contributed by atoms with E-state index in [2.05, 4.69) is 10.6 Å². The monoisotopic (exact) mass is 286 g/mol. The smallest absolute Gasteiger partial charge is 0.332 e. The summed E-state index contributed by atoms with van der Waals surface area (Å²) in [5, 5.41) is 14.1. The number of carbonyl (C=O) groups excluding carboxylic acids is 2. The minimum Gasteiger partial charge on any atom is -0.479 e. The fourth-order valence-corrected chi connectivity index (χ4v) is 1.83. The van der Waals surface area contributed by atoms with Crippen molar-refractivity contribution < 1.29 is 24.2 Å². The highest BCUT2D eigenvalue weighted by Crippen LogP contribution is 2.19. The Hall–Kier alpha value is -1.63. The molecule has 1 aliphatic heterocycles. The second-order valence-electron chi connectivity index (χ2n) is 5.27. The first-order valence-corrected chi connectivity index (χ1v) is 6.82. The van der Waals surface area contributed by atoms with E-state index in [1.807, 2.05) is 13.8 Å². The number of ether oxygens (including phenoxy) is 1. The third-order valence-corrected chi connectivity index (χ3v) is 2.95. The van der Waals surface area contributed by atoms with Gasteiger partial charge in [-0.05, 0) is 18.8 Å². The Bertz CT molecular complexity index is 370. The maximum absolute atomic E-state index is 11.7. The lowest BCUT2D eigenvalue weighted by Crippen LogP contribution is -2.38. The molecule has 0 aromatic carbocycles. The summed E-state index contributed by atoms with van der Waals surface area (Å²) in [4.78, 5) is 33.8. The molecule has 1 rings (SSSR count). The minimum absolute atomic E-state index is 0.116. The third kappa shape index (κ3) is 5.56. The topological polar surface area (TPSA) is 105 Å².